The van der Waals surface area contributed by atoms with Gasteiger partial charge in [0.25, 0.3) is 0 Å². The number of furan rings is 1. The van der Waals surface area contributed by atoms with Gasteiger partial charge in [-0.15, -0.1) is 0 Å². The molecular formula is C42H58NiO4P+. The Morgan fingerprint density at radius 1 is 0.729 bits per heavy atom. The molecule has 3 aromatic carbocycles. The average molecular weight is 717 g/mol. The third-order valence-electron chi connectivity index (χ3n) is 8.40. The number of allylic oxidation sites excluding steroid dienone is 2. The Morgan fingerprint density at radius 2 is 1.27 bits per heavy atom. The third-order valence-corrected chi connectivity index (χ3v) is 11.6. The van der Waals surface area contributed by atoms with E-state index in [4.69, 9.17) is 9.47 Å². The van der Waals surface area contributed by atoms with Gasteiger partial charge in [0.1, 0.15) is 23.8 Å². The third kappa shape index (κ3) is 11.3. The van der Waals surface area contributed by atoms with Crippen LogP contribution in [0.2, 0.25) is 0 Å². The van der Waals surface area contributed by atoms with Crippen LogP contribution in [0, 0.1) is 20.3 Å². The van der Waals surface area contributed by atoms with E-state index in [1.54, 1.807) is 26.7 Å². The van der Waals surface area contributed by atoms with Gasteiger partial charge in [-0.05, 0) is 66.0 Å². The number of methoxy groups -OCH3 is 2. The fourth-order valence-corrected chi connectivity index (χ4v) is 8.99. The maximum atomic E-state index is 11.9. The first kappa shape index (κ1) is 41.2. The van der Waals surface area contributed by atoms with Crippen LogP contribution in [0.5, 0.6) is 17.2 Å². The van der Waals surface area contributed by atoms with Crippen molar-refractivity contribution in [3.63, 3.8) is 0 Å². The van der Waals surface area contributed by atoms with Crippen molar-refractivity contribution in [3.05, 3.63) is 114 Å². The molecule has 0 radical (unpaired) electrons. The number of benzene rings is 3. The van der Waals surface area contributed by atoms with Gasteiger partial charge >= 0.3 is 0 Å². The van der Waals surface area contributed by atoms with Gasteiger partial charge in [0.05, 0.1) is 14.2 Å². The molecule has 0 saturated heterocycles. The summed E-state index contributed by atoms with van der Waals surface area (Å²) in [5.41, 5.74) is 4.21. The van der Waals surface area contributed by atoms with Crippen LogP contribution < -0.4 is 25.4 Å². The molecule has 0 fully saturated rings. The summed E-state index contributed by atoms with van der Waals surface area (Å²) in [6.07, 6.45) is 17.0. The van der Waals surface area contributed by atoms with Crippen LogP contribution in [0.25, 0.3) is 0 Å². The van der Waals surface area contributed by atoms with E-state index in [1.807, 2.05) is 36.4 Å². The summed E-state index contributed by atoms with van der Waals surface area (Å²) in [4.78, 5) is 0. The largest absolute Gasteiger partial charge is 0.557 e. The summed E-state index contributed by atoms with van der Waals surface area (Å²) in [7, 11) is 1.73. The normalized spacial score (nSPS) is 13.8. The zero-order valence-electron chi connectivity index (χ0n) is 30.7. The number of ether oxygens (including phenoxy) is 2. The summed E-state index contributed by atoms with van der Waals surface area (Å²) < 4.78 is 15.5. The second-order valence-corrected chi connectivity index (χ2v) is 16.5. The van der Waals surface area contributed by atoms with Crippen molar-refractivity contribution in [1.82, 2.24) is 0 Å². The van der Waals surface area contributed by atoms with E-state index in [1.165, 1.54) is 37.7 Å². The number of aromatic hydroxyl groups is 1. The van der Waals surface area contributed by atoms with Crippen molar-refractivity contribution in [2.75, 3.05) is 14.2 Å². The molecule has 0 unspecified atom stereocenters. The molecule has 264 valence electrons. The van der Waals surface area contributed by atoms with Crippen molar-refractivity contribution in [2.24, 2.45) is 0 Å². The second kappa shape index (κ2) is 19.3. The summed E-state index contributed by atoms with van der Waals surface area (Å²) in [5.74, 6) is 2.07. The van der Waals surface area contributed by atoms with Gasteiger partial charge < -0.3 is 25.4 Å². The van der Waals surface area contributed by atoms with E-state index < -0.39 is 7.92 Å². The topological polar surface area (TPSA) is 51.5 Å². The summed E-state index contributed by atoms with van der Waals surface area (Å²) in [6.45, 7) is 17.4. The molecule has 0 atom stereocenters. The number of rotatable bonds is 5. The minimum atomic E-state index is -1.71. The molecule has 1 heterocycles. The molecule has 0 spiro atoms. The fourth-order valence-electron chi connectivity index (χ4n) is 5.71. The van der Waals surface area contributed by atoms with Crippen molar-refractivity contribution in [3.8, 4) is 17.2 Å². The van der Waals surface area contributed by atoms with E-state index >= 15 is 0 Å². The van der Waals surface area contributed by atoms with Gasteiger partial charge in [0.15, 0.2) is 17.2 Å². The van der Waals surface area contributed by atoms with Gasteiger partial charge in [-0.25, -0.2) is 0 Å². The van der Waals surface area contributed by atoms with Crippen molar-refractivity contribution >= 4 is 23.8 Å². The van der Waals surface area contributed by atoms with Gasteiger partial charge in [-0.3, -0.25) is 0 Å². The Bertz CT molecular complexity index is 1480. The minimum Gasteiger partial charge on any atom is -0.557 e. The van der Waals surface area contributed by atoms with Crippen LogP contribution in [0.4, 0.5) is 0 Å². The summed E-state index contributed by atoms with van der Waals surface area (Å²) in [6, 6.07) is 20.5. The van der Waals surface area contributed by atoms with Crippen LogP contribution in [-0.4, -0.2) is 19.3 Å². The summed E-state index contributed by atoms with van der Waals surface area (Å²) >= 11 is 0. The first-order valence-electron chi connectivity index (χ1n) is 16.8. The fraction of sp³-hybridized carbons (Fsp3) is 0.405. The molecule has 0 bridgehead atoms. The zero-order valence-corrected chi connectivity index (χ0v) is 32.7. The second-order valence-electron chi connectivity index (χ2n) is 14.2. The molecule has 6 heteroatoms. The molecule has 5 rings (SSSR count). The smallest absolute Gasteiger partial charge is 0.223 e. The number of hydrogen-bond acceptors (Lipinski definition) is 3. The van der Waals surface area contributed by atoms with Crippen LogP contribution in [0.15, 0.2) is 89.8 Å². The molecule has 0 aliphatic heterocycles. The Labute approximate surface area is 302 Å². The van der Waals surface area contributed by atoms with Gasteiger partial charge in [0, 0.05) is 34.2 Å². The number of phenols is 1. The number of hydrogen-bond donors (Lipinski definition) is 1. The maximum Gasteiger partial charge on any atom is 0.223 e. The maximum absolute atomic E-state index is 11.9. The molecule has 4 aromatic rings. The predicted molar refractivity (Wildman–Crippen MR) is 205 cm³/mol. The van der Waals surface area contributed by atoms with E-state index in [2.05, 4.69) is 103 Å². The van der Waals surface area contributed by atoms with E-state index in [0.29, 0.717) is 5.75 Å². The first-order valence-corrected chi connectivity index (χ1v) is 18.3. The predicted octanol–water partition coefficient (Wildman–Crippen LogP) is 10.2. The van der Waals surface area contributed by atoms with Gasteiger partial charge in [0.2, 0.25) is 12.5 Å². The Kier molecular flexibility index (Phi) is 16.5. The molecule has 1 aromatic heterocycles. The zero-order chi connectivity index (χ0) is 34.6. The Morgan fingerprint density at radius 3 is 1.73 bits per heavy atom. The van der Waals surface area contributed by atoms with Crippen LogP contribution in [0.1, 0.15) is 95.9 Å². The van der Waals surface area contributed by atoms with Gasteiger partial charge in [-0.2, -0.15) is 12.8 Å². The summed E-state index contributed by atoms with van der Waals surface area (Å²) in [5, 5.41) is 15.1. The molecule has 4 nitrogen and oxygen atoms in total. The standard InChI is InChI=1S/C30H39O3P.C8H13.C4H4O.Ni/c1-19-13-11-15-23(32-9)27(19)34(28-20(2)14-12-16-24(28)33-10)25-18-21(29(3,4)5)17-22(26(25)31)30(6,7)8;1-2-4-6-8-7-5-3-1;1-2-4-5-3-1;/h11-18,31H,1-10H3;1-2,7H,3-6,8H2;1-4H;/q;-1;;/p+2/b;2-1-;;. The van der Waals surface area contributed by atoms with E-state index in [0.717, 1.165) is 44.1 Å². The van der Waals surface area contributed by atoms with Crippen LogP contribution in [0.3, 0.4) is 0 Å². The van der Waals surface area contributed by atoms with Crippen LogP contribution in [-0.2, 0) is 27.3 Å². The van der Waals surface area contributed by atoms with Crippen molar-refractivity contribution in [2.45, 2.75) is 98.3 Å². The first-order chi connectivity index (χ1) is 22.3. The average Bonchev–Trinajstić information content (AvgIpc) is 3.59. The molecule has 1 aliphatic carbocycles. The minimum absolute atomic E-state index is 0. The monoisotopic (exact) mass is 715 g/mol. The molecule has 48 heavy (non-hydrogen) atoms. The van der Waals surface area contributed by atoms with E-state index in [-0.39, 0.29) is 27.3 Å². The molecule has 0 saturated carbocycles. The van der Waals surface area contributed by atoms with Gasteiger partial charge in [-0.1, -0.05) is 96.9 Å². The molecule has 1 aliphatic rings. The molecule has 0 amide bonds. The Hall–Kier alpha value is -3.00. The Balaban J connectivity index is 0.000000472. The van der Waals surface area contributed by atoms with E-state index in [9.17, 15) is 5.11 Å². The van der Waals surface area contributed by atoms with Crippen molar-refractivity contribution < 1.29 is 35.5 Å². The van der Waals surface area contributed by atoms with Crippen LogP contribution >= 0.6 is 7.92 Å². The van der Waals surface area contributed by atoms with Crippen molar-refractivity contribution in [1.29, 1.82) is 0 Å². The number of phenolic OH excluding ortho intramolecular Hbond substituents is 1. The quantitative estimate of drug-likeness (QED) is 0.0736. The number of aryl methyl sites for hydroxylation is 2. The molecule has 2 N–H and O–H groups in total. The SMILES string of the molecule is C1=C\CCC[CH-]CC/1.COc1cccc(C)c1[PH+](c1cc(C(C)(C)C)cc(C(C)(C)C)c1O)c1c(C)cccc1OC.[Ni].c1cc[oH+]c1. The molecular weight excluding hydrogens is 658 g/mol.